The molecule has 232 valence electrons. The molecule has 1 fully saturated rings. The number of anilines is 1. The van der Waals surface area contributed by atoms with Crippen LogP contribution in [0.3, 0.4) is 0 Å². The number of methoxy groups -OCH3 is 1. The van der Waals surface area contributed by atoms with E-state index in [0.29, 0.717) is 44.0 Å². The normalized spacial score (nSPS) is 24.6. The molecule has 0 aromatic heterocycles. The second-order valence-electron chi connectivity index (χ2n) is 14.2. The lowest BCUT2D eigenvalue weighted by Gasteiger charge is -2.45. The lowest BCUT2D eigenvalue weighted by atomic mass is 9.80. The number of carbonyl (C=O) groups is 1. The first kappa shape index (κ1) is 30.1. The van der Waals surface area contributed by atoms with Crippen molar-refractivity contribution in [3.63, 3.8) is 0 Å². The summed E-state index contributed by atoms with van der Waals surface area (Å²) in [6.45, 7) is 11.8. The van der Waals surface area contributed by atoms with Gasteiger partial charge >= 0.3 is 5.97 Å². The van der Waals surface area contributed by atoms with E-state index in [1.165, 1.54) is 18.4 Å². The zero-order valence-electron chi connectivity index (χ0n) is 26.7. The number of hydrogen-bond acceptors (Lipinski definition) is 7. The molecule has 4 aliphatic heterocycles. The minimum atomic E-state index is -3.55. The first-order valence-corrected chi connectivity index (χ1v) is 17.0. The van der Waals surface area contributed by atoms with Crippen LogP contribution in [0.1, 0.15) is 83.3 Å². The zero-order valence-corrected chi connectivity index (χ0v) is 27.5. The highest BCUT2D eigenvalue weighted by molar-refractivity contribution is 7.89. The van der Waals surface area contributed by atoms with Gasteiger partial charge in [0, 0.05) is 55.3 Å². The van der Waals surface area contributed by atoms with E-state index in [9.17, 15) is 13.2 Å². The van der Waals surface area contributed by atoms with Gasteiger partial charge in [-0.1, -0.05) is 6.92 Å². The van der Waals surface area contributed by atoms with Crippen molar-refractivity contribution >= 4 is 27.4 Å². The highest BCUT2D eigenvalue weighted by Crippen LogP contribution is 2.48. The second-order valence-corrected chi connectivity index (χ2v) is 16.2. The van der Waals surface area contributed by atoms with Gasteiger partial charge in [-0.3, -0.25) is 4.79 Å². The molecule has 2 aromatic rings. The third kappa shape index (κ3) is 5.14. The number of sulfonamides is 1. The fourth-order valence-corrected chi connectivity index (χ4v) is 9.36. The Morgan fingerprint density at radius 1 is 1.07 bits per heavy atom. The third-order valence-corrected chi connectivity index (χ3v) is 12.5. The van der Waals surface area contributed by atoms with Gasteiger partial charge in [0.05, 0.1) is 24.8 Å². The third-order valence-electron chi connectivity index (χ3n) is 10.5. The SMILES string of the molecule is COC(=O)C1CCN(S(=O)(=O)CC2CC(C)(C)[N+](C)=c3cc4c(cc32)=Nc2cc3c(cc2O4)N(C)C(C)(C)CC3C)CC1. The molecule has 9 nitrogen and oxygen atoms in total. The van der Waals surface area contributed by atoms with E-state index < -0.39 is 10.0 Å². The summed E-state index contributed by atoms with van der Waals surface area (Å²) >= 11 is 0. The van der Waals surface area contributed by atoms with Crippen LogP contribution in [0.2, 0.25) is 0 Å². The molecular formula is C33H45N4O5S+. The Morgan fingerprint density at radius 3 is 2.44 bits per heavy atom. The molecule has 2 aromatic carbocycles. The number of fused-ring (bicyclic) bond motifs is 4. The van der Waals surface area contributed by atoms with Crippen molar-refractivity contribution in [1.82, 2.24) is 8.88 Å². The summed E-state index contributed by atoms with van der Waals surface area (Å²) < 4.78 is 42.7. The maximum atomic E-state index is 13.7. The van der Waals surface area contributed by atoms with Gasteiger partial charge in [0.1, 0.15) is 18.1 Å². The van der Waals surface area contributed by atoms with Crippen molar-refractivity contribution in [2.75, 3.05) is 44.9 Å². The molecule has 4 heterocycles. The molecule has 6 rings (SSSR count). The first-order valence-electron chi connectivity index (χ1n) is 15.4. The molecule has 0 aliphatic carbocycles. The number of ether oxygens (including phenoxy) is 2. The number of nitrogens with zero attached hydrogens (tertiary/aromatic N) is 4. The van der Waals surface area contributed by atoms with Gasteiger partial charge in [-0.05, 0) is 70.6 Å². The maximum absolute atomic E-state index is 13.7. The van der Waals surface area contributed by atoms with E-state index in [0.717, 1.165) is 34.1 Å². The van der Waals surface area contributed by atoms with Crippen molar-refractivity contribution in [2.45, 2.75) is 83.2 Å². The summed E-state index contributed by atoms with van der Waals surface area (Å²) in [6, 6.07) is 8.37. The quantitative estimate of drug-likeness (QED) is 0.327. The van der Waals surface area contributed by atoms with Crippen molar-refractivity contribution in [3.8, 4) is 11.5 Å². The van der Waals surface area contributed by atoms with E-state index in [1.54, 1.807) is 4.31 Å². The van der Waals surface area contributed by atoms with Crippen LogP contribution in [0.15, 0.2) is 29.3 Å². The lowest BCUT2D eigenvalue weighted by molar-refractivity contribution is -0.146. The summed E-state index contributed by atoms with van der Waals surface area (Å²) in [7, 11) is 2.04. The minimum Gasteiger partial charge on any atom is -0.469 e. The Kier molecular flexibility index (Phi) is 7.20. The van der Waals surface area contributed by atoms with Gasteiger partial charge in [0.25, 0.3) is 0 Å². The van der Waals surface area contributed by atoms with Crippen LogP contribution in [0.4, 0.5) is 11.4 Å². The Balaban J connectivity index is 1.37. The summed E-state index contributed by atoms with van der Waals surface area (Å²) in [5.41, 5.74) is 4.04. The molecule has 0 bridgehead atoms. The monoisotopic (exact) mass is 609 g/mol. The van der Waals surface area contributed by atoms with E-state index in [2.05, 4.69) is 70.3 Å². The molecule has 0 saturated carbocycles. The molecule has 2 atom stereocenters. The Labute approximate surface area is 255 Å². The van der Waals surface area contributed by atoms with Crippen LogP contribution in [-0.2, 0) is 19.6 Å². The predicted octanol–water partition coefficient (Wildman–Crippen LogP) is 4.07. The Hall–Kier alpha value is -2.98. The maximum Gasteiger partial charge on any atom is 0.308 e. The lowest BCUT2D eigenvalue weighted by Crippen LogP contribution is -2.52. The summed E-state index contributed by atoms with van der Waals surface area (Å²) in [5.74, 6) is 1.15. The van der Waals surface area contributed by atoms with Crippen molar-refractivity contribution in [3.05, 3.63) is 46.1 Å². The van der Waals surface area contributed by atoms with Crippen molar-refractivity contribution in [2.24, 2.45) is 10.9 Å². The summed E-state index contributed by atoms with van der Waals surface area (Å²) in [5, 5.41) is 1.71. The molecule has 0 N–H and O–H groups in total. The Morgan fingerprint density at radius 2 is 1.77 bits per heavy atom. The largest absolute Gasteiger partial charge is 0.469 e. The van der Waals surface area contributed by atoms with E-state index in [-0.39, 0.29) is 34.6 Å². The first-order chi connectivity index (χ1) is 20.1. The van der Waals surface area contributed by atoms with Crippen LogP contribution >= 0.6 is 0 Å². The number of benzene rings is 2. The smallest absolute Gasteiger partial charge is 0.308 e. The molecule has 0 radical (unpaired) electrons. The van der Waals surface area contributed by atoms with Crippen molar-refractivity contribution < 1.29 is 22.7 Å². The second kappa shape index (κ2) is 10.3. The minimum absolute atomic E-state index is 0.0174. The number of hydrogen-bond donors (Lipinski definition) is 0. The van der Waals surface area contributed by atoms with Gasteiger partial charge in [0.2, 0.25) is 15.4 Å². The average Bonchev–Trinajstić information content (AvgIpc) is 2.95. The van der Waals surface area contributed by atoms with E-state index >= 15 is 0 Å². The molecule has 2 unspecified atom stereocenters. The zero-order chi connectivity index (χ0) is 31.1. The highest BCUT2D eigenvalue weighted by atomic mass is 32.2. The number of piperidine rings is 1. The number of esters is 1. The van der Waals surface area contributed by atoms with Crippen LogP contribution in [-0.4, -0.2) is 69.8 Å². The standard InChI is InChI=1S/C33H45N4O5S/c1-20-17-32(2,3)35(6)27-15-29-25(13-23(20)27)34-26-14-24-22(18-33(4,5)36(7)28(24)16-30(26)42-29)19-43(39,40)37-11-9-21(10-12-37)31(38)41-8/h13-16,20-22H,9-12,17-19H2,1-8H3/q+1. The molecule has 1 saturated heterocycles. The fourth-order valence-electron chi connectivity index (χ4n) is 7.58. The molecule has 10 heteroatoms. The Bertz CT molecular complexity index is 1720. The van der Waals surface area contributed by atoms with Crippen LogP contribution in [0.5, 0.6) is 11.5 Å². The summed E-state index contributed by atoms with van der Waals surface area (Å²) in [4.78, 5) is 19.4. The number of rotatable bonds is 4. The molecule has 43 heavy (non-hydrogen) atoms. The van der Waals surface area contributed by atoms with Crippen LogP contribution < -0.4 is 24.9 Å². The number of carbonyl (C=O) groups excluding carboxylic acids is 1. The molecule has 0 spiro atoms. The van der Waals surface area contributed by atoms with Gasteiger partial charge in [-0.15, -0.1) is 0 Å². The van der Waals surface area contributed by atoms with Gasteiger partial charge in [-0.25, -0.2) is 22.3 Å². The van der Waals surface area contributed by atoms with Gasteiger partial charge in [-0.2, -0.15) is 0 Å². The van der Waals surface area contributed by atoms with E-state index in [1.807, 2.05) is 12.1 Å². The topological polar surface area (TPSA) is 91.5 Å². The highest BCUT2D eigenvalue weighted by Gasteiger charge is 2.43. The average molecular weight is 610 g/mol. The van der Waals surface area contributed by atoms with Gasteiger partial charge < -0.3 is 14.4 Å². The van der Waals surface area contributed by atoms with Crippen LogP contribution in [0, 0.1) is 5.92 Å². The predicted molar refractivity (Wildman–Crippen MR) is 168 cm³/mol. The molecular weight excluding hydrogens is 564 g/mol. The van der Waals surface area contributed by atoms with Crippen LogP contribution in [0.25, 0.3) is 0 Å². The van der Waals surface area contributed by atoms with Gasteiger partial charge in [0.15, 0.2) is 17.0 Å². The fraction of sp³-hybridized carbons (Fsp3) is 0.606. The summed E-state index contributed by atoms with van der Waals surface area (Å²) in [6.07, 6.45) is 2.72. The van der Waals surface area contributed by atoms with E-state index in [4.69, 9.17) is 14.5 Å². The molecule has 0 amide bonds. The van der Waals surface area contributed by atoms with Crippen molar-refractivity contribution in [1.29, 1.82) is 0 Å². The molecule has 4 aliphatic rings.